The van der Waals surface area contributed by atoms with Crippen LogP contribution in [0.2, 0.25) is 0 Å². The van der Waals surface area contributed by atoms with Gasteiger partial charge in [0.25, 0.3) is 0 Å². The van der Waals surface area contributed by atoms with E-state index in [9.17, 15) is 9.59 Å². The Kier molecular flexibility index (Phi) is 5.76. The summed E-state index contributed by atoms with van der Waals surface area (Å²) in [6.45, 7) is 2.50. The van der Waals surface area contributed by atoms with Gasteiger partial charge in [-0.05, 0) is 25.0 Å². The van der Waals surface area contributed by atoms with Crippen LogP contribution in [-0.4, -0.2) is 32.8 Å². The first-order chi connectivity index (χ1) is 10.1. The summed E-state index contributed by atoms with van der Waals surface area (Å²) in [5, 5.41) is 2.78. The average Bonchev–Trinajstić information content (AvgIpc) is 2.75. The topological polar surface area (TPSA) is 49.4 Å². The van der Waals surface area contributed by atoms with E-state index >= 15 is 0 Å². The molecule has 1 aliphatic rings. The molecule has 21 heavy (non-hydrogen) atoms. The van der Waals surface area contributed by atoms with Crippen molar-refractivity contribution in [1.29, 1.82) is 0 Å². The Morgan fingerprint density at radius 2 is 2.10 bits per heavy atom. The van der Waals surface area contributed by atoms with Crippen LogP contribution in [0.3, 0.4) is 0 Å². The van der Waals surface area contributed by atoms with Crippen LogP contribution in [0.25, 0.3) is 0 Å². The summed E-state index contributed by atoms with van der Waals surface area (Å²) in [6, 6.07) is 9.34. The number of nitrogens with zero attached hydrogens (tertiary/aromatic N) is 1. The van der Waals surface area contributed by atoms with Gasteiger partial charge in [-0.25, -0.2) is 0 Å². The van der Waals surface area contributed by atoms with Gasteiger partial charge in [-0.1, -0.05) is 49.1 Å². The second-order valence-electron chi connectivity index (χ2n) is 4.79. The third-order valence-electron chi connectivity index (χ3n) is 3.22. The van der Waals surface area contributed by atoms with E-state index in [1.807, 2.05) is 37.3 Å². The van der Waals surface area contributed by atoms with Crippen LogP contribution >= 0.6 is 24.0 Å². The lowest BCUT2D eigenvalue weighted by Gasteiger charge is -2.15. The minimum Gasteiger partial charge on any atom is -0.326 e. The Labute approximate surface area is 134 Å². The van der Waals surface area contributed by atoms with E-state index in [1.165, 1.54) is 11.8 Å². The van der Waals surface area contributed by atoms with Gasteiger partial charge < -0.3 is 5.32 Å². The first kappa shape index (κ1) is 16.0. The Morgan fingerprint density at radius 3 is 2.71 bits per heavy atom. The number of carbonyl (C=O) groups is 2. The van der Waals surface area contributed by atoms with Crippen molar-refractivity contribution in [2.45, 2.75) is 31.4 Å². The molecule has 1 aromatic rings. The molecule has 1 N–H and O–H groups in total. The van der Waals surface area contributed by atoms with Gasteiger partial charge in [0.2, 0.25) is 11.8 Å². The molecule has 112 valence electrons. The van der Waals surface area contributed by atoms with Crippen LogP contribution in [0.5, 0.6) is 0 Å². The van der Waals surface area contributed by atoms with Crippen molar-refractivity contribution in [3.63, 3.8) is 0 Å². The molecule has 1 unspecified atom stereocenters. The van der Waals surface area contributed by atoms with Gasteiger partial charge in [0.1, 0.15) is 4.32 Å². The second-order valence-corrected chi connectivity index (χ2v) is 6.62. The lowest BCUT2D eigenvalue weighted by Crippen LogP contribution is -2.32. The van der Waals surface area contributed by atoms with Gasteiger partial charge in [-0.15, -0.1) is 0 Å². The maximum Gasteiger partial charge on any atom is 0.241 e. The van der Waals surface area contributed by atoms with Crippen LogP contribution in [0.4, 0.5) is 5.69 Å². The monoisotopic (exact) mass is 322 g/mol. The first-order valence-corrected chi connectivity index (χ1v) is 8.27. The quantitative estimate of drug-likeness (QED) is 0.818. The summed E-state index contributed by atoms with van der Waals surface area (Å²) in [5.74, 6) is 0.0365. The highest BCUT2D eigenvalue weighted by Crippen LogP contribution is 2.29. The number of thioether (sulfide) groups is 1. The lowest BCUT2D eigenvalue weighted by atomic mass is 10.2. The SMILES string of the molecule is CCC1SC(=S)N(CCCC(=O)Nc2ccccc2)C1=O. The molecular weight excluding hydrogens is 304 g/mol. The van der Waals surface area contributed by atoms with Crippen LogP contribution < -0.4 is 5.32 Å². The third-order valence-corrected chi connectivity index (χ3v) is 4.97. The first-order valence-electron chi connectivity index (χ1n) is 6.98. The molecule has 6 heteroatoms. The predicted molar refractivity (Wildman–Crippen MR) is 90.3 cm³/mol. The van der Waals surface area contributed by atoms with Gasteiger partial charge in [0, 0.05) is 18.7 Å². The number of hydrogen-bond acceptors (Lipinski definition) is 4. The fourth-order valence-electron chi connectivity index (χ4n) is 2.10. The standard InChI is InChI=1S/C15H18N2O2S2/c1-2-12-14(19)17(15(20)21-12)10-6-9-13(18)16-11-7-4-3-5-8-11/h3-5,7-8,12H,2,6,9-10H2,1H3,(H,16,18). The molecule has 0 saturated carbocycles. The van der Waals surface area contributed by atoms with Gasteiger partial charge in [0.05, 0.1) is 5.25 Å². The minimum absolute atomic E-state index is 0.0431. The summed E-state index contributed by atoms with van der Waals surface area (Å²) >= 11 is 6.66. The highest BCUT2D eigenvalue weighted by atomic mass is 32.2. The van der Waals surface area contributed by atoms with E-state index in [0.29, 0.717) is 23.7 Å². The van der Waals surface area contributed by atoms with E-state index in [4.69, 9.17) is 12.2 Å². The van der Waals surface area contributed by atoms with Crippen LogP contribution in [-0.2, 0) is 9.59 Å². The number of nitrogens with one attached hydrogen (secondary N) is 1. The van der Waals surface area contributed by atoms with Crippen LogP contribution in [0, 0.1) is 0 Å². The van der Waals surface area contributed by atoms with Crippen molar-refractivity contribution >= 4 is 45.8 Å². The predicted octanol–water partition coefficient (Wildman–Crippen LogP) is 3.04. The molecule has 1 aromatic carbocycles. The third kappa shape index (κ3) is 4.28. The molecule has 0 bridgehead atoms. The number of anilines is 1. The highest BCUT2D eigenvalue weighted by molar-refractivity contribution is 8.24. The fraction of sp³-hybridized carbons (Fsp3) is 0.400. The van der Waals surface area contributed by atoms with Crippen molar-refractivity contribution in [3.8, 4) is 0 Å². The smallest absolute Gasteiger partial charge is 0.241 e. The molecule has 2 rings (SSSR count). The van der Waals surface area contributed by atoms with Crippen molar-refractivity contribution in [1.82, 2.24) is 4.90 Å². The number of thiocarbonyl (C=S) groups is 1. The van der Waals surface area contributed by atoms with Crippen molar-refractivity contribution in [2.75, 3.05) is 11.9 Å². The molecule has 0 radical (unpaired) electrons. The Balaban J connectivity index is 1.75. The largest absolute Gasteiger partial charge is 0.326 e. The molecule has 1 heterocycles. The Bertz CT molecular complexity index is 534. The van der Waals surface area contributed by atoms with E-state index < -0.39 is 0 Å². The molecular formula is C15H18N2O2S2. The average molecular weight is 322 g/mol. The number of carbonyl (C=O) groups excluding carboxylic acids is 2. The molecule has 0 spiro atoms. The second kappa shape index (κ2) is 7.56. The zero-order valence-corrected chi connectivity index (χ0v) is 13.5. The van der Waals surface area contributed by atoms with E-state index in [1.54, 1.807) is 4.90 Å². The Morgan fingerprint density at radius 1 is 1.38 bits per heavy atom. The fourth-order valence-corrected chi connectivity index (χ4v) is 3.58. The summed E-state index contributed by atoms with van der Waals surface area (Å²) < 4.78 is 0.635. The lowest BCUT2D eigenvalue weighted by molar-refractivity contribution is -0.126. The maximum atomic E-state index is 12.0. The molecule has 1 atom stereocenters. The highest BCUT2D eigenvalue weighted by Gasteiger charge is 2.35. The van der Waals surface area contributed by atoms with E-state index in [-0.39, 0.29) is 17.1 Å². The molecule has 1 aliphatic heterocycles. The van der Waals surface area contributed by atoms with Crippen molar-refractivity contribution in [3.05, 3.63) is 30.3 Å². The molecule has 1 fully saturated rings. The Hall–Kier alpha value is -1.40. The summed E-state index contributed by atoms with van der Waals surface area (Å²) in [7, 11) is 0. The normalized spacial score (nSPS) is 18.1. The minimum atomic E-state index is -0.0457. The van der Waals surface area contributed by atoms with Crippen molar-refractivity contribution < 1.29 is 9.59 Å². The number of rotatable bonds is 6. The summed E-state index contributed by atoms with van der Waals surface area (Å²) in [5.41, 5.74) is 0.789. The maximum absolute atomic E-state index is 12.0. The molecule has 0 aromatic heterocycles. The number of hydrogen-bond donors (Lipinski definition) is 1. The zero-order valence-electron chi connectivity index (χ0n) is 11.9. The zero-order chi connectivity index (χ0) is 15.2. The molecule has 1 saturated heterocycles. The van der Waals surface area contributed by atoms with Gasteiger partial charge in [-0.2, -0.15) is 0 Å². The summed E-state index contributed by atoms with van der Waals surface area (Å²) in [4.78, 5) is 25.5. The number of benzene rings is 1. The van der Waals surface area contributed by atoms with Crippen LogP contribution in [0.1, 0.15) is 26.2 Å². The molecule has 0 aliphatic carbocycles. The summed E-state index contributed by atoms with van der Waals surface area (Å²) in [6.07, 6.45) is 1.78. The number of para-hydroxylation sites is 1. The van der Waals surface area contributed by atoms with E-state index in [2.05, 4.69) is 5.32 Å². The number of amides is 2. The van der Waals surface area contributed by atoms with Crippen molar-refractivity contribution in [2.24, 2.45) is 0 Å². The van der Waals surface area contributed by atoms with E-state index in [0.717, 1.165) is 12.1 Å². The van der Waals surface area contributed by atoms with Gasteiger partial charge in [0.15, 0.2) is 0 Å². The van der Waals surface area contributed by atoms with Gasteiger partial charge in [-0.3, -0.25) is 14.5 Å². The van der Waals surface area contributed by atoms with Gasteiger partial charge >= 0.3 is 0 Å². The van der Waals surface area contributed by atoms with Crippen LogP contribution in [0.15, 0.2) is 30.3 Å². The molecule has 2 amide bonds. The molecule has 4 nitrogen and oxygen atoms in total.